The average Bonchev–Trinajstić information content (AvgIpc) is 2.16. The van der Waals surface area contributed by atoms with Crippen LogP contribution >= 0.6 is 0 Å². The van der Waals surface area contributed by atoms with Crippen LogP contribution in [0.4, 0.5) is 0 Å². The molecule has 1 atom stereocenters. The first kappa shape index (κ1) is 14.1. The van der Waals surface area contributed by atoms with Crippen LogP contribution in [0, 0.1) is 10.1 Å². The van der Waals surface area contributed by atoms with Gasteiger partial charge >= 0.3 is 11.9 Å². The molecule has 16 heavy (non-hydrogen) atoms. The molecule has 0 fully saturated rings. The van der Waals surface area contributed by atoms with Crippen molar-refractivity contribution in [3.8, 4) is 0 Å². The topological polar surface area (TPSA) is 105 Å². The van der Waals surface area contributed by atoms with Gasteiger partial charge in [0.2, 0.25) is 6.10 Å². The summed E-state index contributed by atoms with van der Waals surface area (Å²) in [6, 6.07) is 0. The molecule has 8 nitrogen and oxygen atoms in total. The van der Waals surface area contributed by atoms with Crippen LogP contribution in [0.1, 0.15) is 20.3 Å². The van der Waals surface area contributed by atoms with Gasteiger partial charge in [-0.25, -0.2) is 4.79 Å². The predicted octanol–water partition coefficient (Wildman–Crippen LogP) is 0.0796. The van der Waals surface area contributed by atoms with Gasteiger partial charge in [-0.15, -0.1) is 10.1 Å². The van der Waals surface area contributed by atoms with Gasteiger partial charge in [0.1, 0.15) is 0 Å². The summed E-state index contributed by atoms with van der Waals surface area (Å²) in [7, 11) is 0. The molecule has 0 bridgehead atoms. The zero-order chi connectivity index (χ0) is 12.6. The summed E-state index contributed by atoms with van der Waals surface area (Å²) in [6.45, 7) is 3.27. The Morgan fingerprint density at radius 1 is 1.25 bits per heavy atom. The van der Waals surface area contributed by atoms with Gasteiger partial charge in [0, 0.05) is 0 Å². The van der Waals surface area contributed by atoms with E-state index >= 15 is 0 Å². The zero-order valence-corrected chi connectivity index (χ0v) is 9.00. The maximum atomic E-state index is 11.2. The predicted molar refractivity (Wildman–Crippen MR) is 49.8 cm³/mol. The number of carbonyl (C=O) groups is 2. The quantitative estimate of drug-likeness (QED) is 0.349. The highest BCUT2D eigenvalue weighted by molar-refractivity contribution is 5.81. The Labute approximate surface area is 91.6 Å². The molecule has 0 aliphatic rings. The number of hydrogen-bond acceptors (Lipinski definition) is 7. The minimum atomic E-state index is -1.58. The molecule has 0 saturated heterocycles. The van der Waals surface area contributed by atoms with Crippen molar-refractivity contribution < 1.29 is 29.0 Å². The van der Waals surface area contributed by atoms with E-state index in [1.54, 1.807) is 6.92 Å². The van der Waals surface area contributed by atoms with Crippen molar-refractivity contribution in [1.82, 2.24) is 0 Å². The van der Waals surface area contributed by atoms with Crippen LogP contribution in [0.15, 0.2) is 0 Å². The van der Waals surface area contributed by atoms with Gasteiger partial charge in [0.15, 0.2) is 0 Å². The van der Waals surface area contributed by atoms with Crippen LogP contribution in [-0.4, -0.2) is 36.3 Å². The first-order chi connectivity index (χ1) is 7.51. The van der Waals surface area contributed by atoms with Crippen molar-refractivity contribution in [2.75, 3.05) is 13.2 Å². The second-order valence-corrected chi connectivity index (χ2v) is 2.58. The van der Waals surface area contributed by atoms with E-state index in [0.717, 1.165) is 0 Å². The van der Waals surface area contributed by atoms with Crippen molar-refractivity contribution >= 4 is 11.9 Å². The first-order valence-corrected chi connectivity index (χ1v) is 4.64. The van der Waals surface area contributed by atoms with Crippen molar-refractivity contribution in [3.05, 3.63) is 10.1 Å². The lowest BCUT2D eigenvalue weighted by Crippen LogP contribution is -2.31. The summed E-state index contributed by atoms with van der Waals surface area (Å²) in [5.41, 5.74) is 0. The second-order valence-electron chi connectivity index (χ2n) is 2.58. The van der Waals surface area contributed by atoms with Crippen LogP contribution in [0.2, 0.25) is 0 Å². The zero-order valence-electron chi connectivity index (χ0n) is 9.00. The fraction of sp³-hybridized carbons (Fsp3) is 0.750. The van der Waals surface area contributed by atoms with Crippen LogP contribution in [0.5, 0.6) is 0 Å². The Morgan fingerprint density at radius 2 is 1.81 bits per heavy atom. The molecule has 0 saturated carbocycles. The third-order valence-corrected chi connectivity index (χ3v) is 1.42. The number of ether oxygens (including phenoxy) is 2. The van der Waals surface area contributed by atoms with E-state index in [0.29, 0.717) is 0 Å². The molecule has 0 aromatic rings. The van der Waals surface area contributed by atoms with Gasteiger partial charge < -0.3 is 9.47 Å². The Kier molecular flexibility index (Phi) is 6.57. The van der Waals surface area contributed by atoms with Crippen molar-refractivity contribution in [3.63, 3.8) is 0 Å². The fourth-order valence-corrected chi connectivity index (χ4v) is 0.874. The van der Waals surface area contributed by atoms with Crippen LogP contribution in [0.3, 0.4) is 0 Å². The molecular weight excluding hydrogens is 222 g/mol. The molecule has 0 radical (unpaired) electrons. The molecule has 92 valence electrons. The summed E-state index contributed by atoms with van der Waals surface area (Å²) < 4.78 is 9.04. The highest BCUT2D eigenvalue weighted by atomic mass is 17.0. The average molecular weight is 235 g/mol. The van der Waals surface area contributed by atoms with E-state index in [1.165, 1.54) is 6.92 Å². The molecule has 0 aromatic heterocycles. The number of hydrogen-bond donors (Lipinski definition) is 0. The Hall–Kier alpha value is -1.86. The molecule has 0 aliphatic heterocycles. The minimum Gasteiger partial charge on any atom is -0.466 e. The van der Waals surface area contributed by atoms with Gasteiger partial charge in [-0.1, -0.05) is 0 Å². The molecule has 0 aliphatic carbocycles. The number of esters is 2. The Balaban J connectivity index is 4.36. The van der Waals surface area contributed by atoms with Gasteiger partial charge in [-0.3, -0.25) is 9.63 Å². The summed E-state index contributed by atoms with van der Waals surface area (Å²) in [6.07, 6.45) is -2.12. The molecular formula is C8H13NO7. The van der Waals surface area contributed by atoms with Gasteiger partial charge in [0.05, 0.1) is 19.6 Å². The van der Waals surface area contributed by atoms with E-state index < -0.39 is 29.6 Å². The van der Waals surface area contributed by atoms with E-state index in [2.05, 4.69) is 14.3 Å². The maximum absolute atomic E-state index is 11.2. The number of nitrogens with zero attached hydrogens (tertiary/aromatic N) is 1. The highest BCUT2D eigenvalue weighted by Gasteiger charge is 2.27. The van der Waals surface area contributed by atoms with Gasteiger partial charge in [-0.05, 0) is 13.8 Å². The highest BCUT2D eigenvalue weighted by Crippen LogP contribution is 2.04. The van der Waals surface area contributed by atoms with Crippen LogP contribution in [-0.2, 0) is 23.9 Å². The summed E-state index contributed by atoms with van der Waals surface area (Å²) in [5, 5.41) is 8.93. The monoisotopic (exact) mass is 235 g/mol. The first-order valence-electron chi connectivity index (χ1n) is 4.64. The van der Waals surface area contributed by atoms with Crippen LogP contribution < -0.4 is 0 Å². The summed E-state index contributed by atoms with van der Waals surface area (Å²) in [5.74, 6) is -1.73. The van der Waals surface area contributed by atoms with Crippen molar-refractivity contribution in [2.24, 2.45) is 0 Å². The lowest BCUT2D eigenvalue weighted by Gasteiger charge is -2.12. The number of carbonyl (C=O) groups excluding carboxylic acids is 2. The minimum absolute atomic E-state index is 0.0409. The molecule has 0 rings (SSSR count). The maximum Gasteiger partial charge on any atom is 0.335 e. The lowest BCUT2D eigenvalue weighted by atomic mass is 10.2. The molecule has 0 spiro atoms. The Bertz CT molecular complexity index is 265. The van der Waals surface area contributed by atoms with E-state index in [4.69, 9.17) is 0 Å². The third-order valence-electron chi connectivity index (χ3n) is 1.42. The smallest absolute Gasteiger partial charge is 0.335 e. The van der Waals surface area contributed by atoms with Gasteiger partial charge in [0.25, 0.3) is 5.09 Å². The van der Waals surface area contributed by atoms with E-state index in [9.17, 15) is 19.7 Å². The SMILES string of the molecule is CCOC(=O)C[C@@H](O[N+](=O)[O-])C(=O)OCC. The standard InChI is InChI=1S/C8H13NO7/c1-3-14-7(10)5-6(16-9(12)13)8(11)15-4-2/h6H,3-5H2,1-2H3/t6-/m1/s1. The molecule has 0 aromatic carbocycles. The summed E-state index contributed by atoms with van der Waals surface area (Å²) in [4.78, 5) is 36.3. The molecule has 0 unspecified atom stereocenters. The normalized spacial score (nSPS) is 11.4. The fourth-order valence-electron chi connectivity index (χ4n) is 0.874. The van der Waals surface area contributed by atoms with E-state index in [-0.39, 0.29) is 13.2 Å². The Morgan fingerprint density at radius 3 is 2.25 bits per heavy atom. The largest absolute Gasteiger partial charge is 0.466 e. The molecule has 0 heterocycles. The van der Waals surface area contributed by atoms with E-state index in [1.807, 2.05) is 0 Å². The van der Waals surface area contributed by atoms with Gasteiger partial charge in [-0.2, -0.15) is 0 Å². The summed E-state index contributed by atoms with van der Waals surface area (Å²) >= 11 is 0. The third kappa shape index (κ3) is 5.78. The number of rotatable bonds is 7. The molecule has 0 N–H and O–H groups in total. The van der Waals surface area contributed by atoms with Crippen LogP contribution in [0.25, 0.3) is 0 Å². The molecule has 8 heteroatoms. The van der Waals surface area contributed by atoms with Crippen molar-refractivity contribution in [1.29, 1.82) is 0 Å². The van der Waals surface area contributed by atoms with Crippen molar-refractivity contribution in [2.45, 2.75) is 26.4 Å². The lowest BCUT2D eigenvalue weighted by molar-refractivity contribution is -0.764. The molecule has 0 amide bonds. The second kappa shape index (κ2) is 7.43.